The van der Waals surface area contributed by atoms with Gasteiger partial charge in [0.15, 0.2) is 0 Å². The molecule has 0 aliphatic heterocycles. The van der Waals surface area contributed by atoms with E-state index in [0.717, 1.165) is 12.8 Å². The van der Waals surface area contributed by atoms with Gasteiger partial charge >= 0.3 is 7.32 Å². The van der Waals surface area contributed by atoms with Gasteiger partial charge in [0, 0.05) is 13.2 Å². The normalized spacial score (nSPS) is 10.8. The van der Waals surface area contributed by atoms with Gasteiger partial charge in [-0.25, -0.2) is 0 Å². The molecule has 3 nitrogen and oxygen atoms in total. The minimum atomic E-state index is -1.03. The van der Waals surface area contributed by atoms with Crippen LogP contribution in [0.25, 0.3) is 0 Å². The average Bonchev–Trinajstić information content (AvgIpc) is 2.38. The molecule has 0 saturated carbocycles. The summed E-state index contributed by atoms with van der Waals surface area (Å²) in [6.07, 6.45) is 12.0. The average molecular weight is 258 g/mol. The van der Waals surface area contributed by atoms with Crippen LogP contribution in [0.3, 0.4) is 0 Å². The second-order valence-electron chi connectivity index (χ2n) is 4.88. The molecule has 0 aliphatic rings. The van der Waals surface area contributed by atoms with Crippen LogP contribution < -0.4 is 0 Å². The lowest BCUT2D eigenvalue weighted by Gasteiger charge is -2.08. The molecule has 0 amide bonds. The van der Waals surface area contributed by atoms with Crippen molar-refractivity contribution in [3.05, 3.63) is 0 Å². The van der Waals surface area contributed by atoms with E-state index in [-0.39, 0.29) is 0 Å². The maximum Gasteiger partial charge on any atom is 0.636 e. The summed E-state index contributed by atoms with van der Waals surface area (Å²) in [5.41, 5.74) is 0. The molecule has 0 radical (unpaired) electrons. The first kappa shape index (κ1) is 17.9. The Hall–Kier alpha value is -0.0551. The van der Waals surface area contributed by atoms with Gasteiger partial charge in [-0.15, -0.1) is 0 Å². The third-order valence-corrected chi connectivity index (χ3v) is 3.02. The Balaban J connectivity index is 3.10. The van der Waals surface area contributed by atoms with Crippen molar-refractivity contribution in [1.82, 2.24) is 0 Å². The fourth-order valence-electron chi connectivity index (χ4n) is 1.83. The van der Waals surface area contributed by atoms with E-state index in [2.05, 4.69) is 13.8 Å². The van der Waals surface area contributed by atoms with Crippen molar-refractivity contribution in [2.24, 2.45) is 0 Å². The topological polar surface area (TPSA) is 38.7 Å². The van der Waals surface area contributed by atoms with Crippen LogP contribution in [0.4, 0.5) is 0 Å². The zero-order valence-electron chi connectivity index (χ0n) is 12.3. The van der Waals surface area contributed by atoms with E-state index in [0.29, 0.717) is 13.2 Å². The van der Waals surface area contributed by atoms with Crippen LogP contribution in [0.5, 0.6) is 0 Å². The zero-order chi connectivity index (χ0) is 13.5. The summed E-state index contributed by atoms with van der Waals surface area (Å²) in [6.45, 7) is 5.60. The van der Waals surface area contributed by atoms with Gasteiger partial charge in [0.2, 0.25) is 0 Å². The minimum absolute atomic E-state index is 0.598. The lowest BCUT2D eigenvalue weighted by molar-refractivity contribution is 0.128. The molecule has 0 bridgehead atoms. The van der Waals surface area contributed by atoms with E-state index in [1.54, 1.807) is 0 Å². The predicted molar refractivity (Wildman–Crippen MR) is 77.4 cm³/mol. The molecule has 0 spiro atoms. The van der Waals surface area contributed by atoms with Crippen LogP contribution in [0.2, 0.25) is 0 Å². The Labute approximate surface area is 113 Å². The smallest absolute Gasteiger partial charge is 0.402 e. The largest absolute Gasteiger partial charge is 0.636 e. The van der Waals surface area contributed by atoms with Crippen molar-refractivity contribution in [3.63, 3.8) is 0 Å². The van der Waals surface area contributed by atoms with Gasteiger partial charge < -0.3 is 14.3 Å². The maximum absolute atomic E-state index is 9.41. The van der Waals surface area contributed by atoms with Gasteiger partial charge in [0.1, 0.15) is 0 Å². The third-order valence-electron chi connectivity index (χ3n) is 3.02. The summed E-state index contributed by atoms with van der Waals surface area (Å²) in [5.74, 6) is 0. The summed E-state index contributed by atoms with van der Waals surface area (Å²) in [7, 11) is -1.03. The third kappa shape index (κ3) is 14.0. The van der Waals surface area contributed by atoms with E-state index in [1.807, 2.05) is 0 Å². The zero-order valence-corrected chi connectivity index (χ0v) is 12.3. The van der Waals surface area contributed by atoms with Crippen molar-refractivity contribution in [3.8, 4) is 0 Å². The molecule has 0 saturated heterocycles. The second-order valence-corrected chi connectivity index (χ2v) is 4.88. The van der Waals surface area contributed by atoms with Gasteiger partial charge in [-0.2, -0.15) is 0 Å². The molecule has 18 heavy (non-hydrogen) atoms. The standard InChI is InChI=1S/C14H31BO3/c1-3-5-7-9-11-13-17-15(16)18-14-12-10-8-6-4-2/h16H,3-14H2,1-2H3. The van der Waals surface area contributed by atoms with Gasteiger partial charge in [-0.05, 0) is 12.8 Å². The summed E-state index contributed by atoms with van der Waals surface area (Å²) in [4.78, 5) is 0. The number of unbranched alkanes of at least 4 members (excludes halogenated alkanes) is 8. The van der Waals surface area contributed by atoms with Gasteiger partial charge in [-0.3, -0.25) is 0 Å². The molecule has 0 aromatic rings. The fourth-order valence-corrected chi connectivity index (χ4v) is 1.83. The summed E-state index contributed by atoms with van der Waals surface area (Å²) < 4.78 is 10.4. The molecular formula is C14H31BO3. The molecule has 1 N–H and O–H groups in total. The van der Waals surface area contributed by atoms with Crippen molar-refractivity contribution in [2.45, 2.75) is 78.1 Å². The lowest BCUT2D eigenvalue weighted by Crippen LogP contribution is -2.23. The summed E-state index contributed by atoms with van der Waals surface area (Å²) >= 11 is 0. The van der Waals surface area contributed by atoms with Crippen LogP contribution in [0.1, 0.15) is 78.1 Å². The predicted octanol–water partition coefficient (Wildman–Crippen LogP) is 3.94. The highest BCUT2D eigenvalue weighted by molar-refractivity contribution is 6.34. The summed E-state index contributed by atoms with van der Waals surface area (Å²) in [6, 6.07) is 0. The Kier molecular flexibility index (Phi) is 15.0. The Morgan fingerprint density at radius 2 is 1.06 bits per heavy atom. The molecule has 0 aliphatic carbocycles. The van der Waals surface area contributed by atoms with Gasteiger partial charge in [0.25, 0.3) is 0 Å². The lowest BCUT2D eigenvalue weighted by atomic mass is 10.1. The minimum Gasteiger partial charge on any atom is -0.402 e. The SMILES string of the molecule is CCCCCCCOB(O)OCCCCCCC. The highest BCUT2D eigenvalue weighted by atomic mass is 16.7. The van der Waals surface area contributed by atoms with Crippen molar-refractivity contribution in [1.29, 1.82) is 0 Å². The molecule has 0 heterocycles. The van der Waals surface area contributed by atoms with E-state index in [1.165, 1.54) is 51.4 Å². The van der Waals surface area contributed by atoms with Gasteiger partial charge in [0.05, 0.1) is 0 Å². The molecule has 0 unspecified atom stereocenters. The molecular weight excluding hydrogens is 227 g/mol. The number of hydrogen-bond donors (Lipinski definition) is 1. The summed E-state index contributed by atoms with van der Waals surface area (Å²) in [5, 5.41) is 9.41. The van der Waals surface area contributed by atoms with E-state index in [9.17, 15) is 5.02 Å². The number of hydrogen-bond acceptors (Lipinski definition) is 3. The quantitative estimate of drug-likeness (QED) is 0.379. The van der Waals surface area contributed by atoms with Crippen LogP contribution in [0.15, 0.2) is 0 Å². The van der Waals surface area contributed by atoms with Gasteiger partial charge in [-0.1, -0.05) is 65.2 Å². The molecule has 0 fully saturated rings. The Bertz CT molecular complexity index is 140. The Morgan fingerprint density at radius 3 is 1.44 bits per heavy atom. The molecule has 0 atom stereocenters. The van der Waals surface area contributed by atoms with Crippen LogP contribution in [0, 0.1) is 0 Å². The molecule has 0 aromatic heterocycles. The highest BCUT2D eigenvalue weighted by Crippen LogP contribution is 2.04. The molecule has 0 aromatic carbocycles. The van der Waals surface area contributed by atoms with E-state index < -0.39 is 7.32 Å². The van der Waals surface area contributed by atoms with E-state index in [4.69, 9.17) is 9.31 Å². The molecule has 0 rings (SSSR count). The first-order chi connectivity index (χ1) is 8.81. The van der Waals surface area contributed by atoms with Crippen molar-refractivity contribution < 1.29 is 14.3 Å². The van der Waals surface area contributed by atoms with E-state index >= 15 is 0 Å². The molecule has 108 valence electrons. The monoisotopic (exact) mass is 258 g/mol. The highest BCUT2D eigenvalue weighted by Gasteiger charge is 2.14. The molecule has 4 heteroatoms. The van der Waals surface area contributed by atoms with Crippen molar-refractivity contribution in [2.75, 3.05) is 13.2 Å². The fraction of sp³-hybridized carbons (Fsp3) is 1.00. The van der Waals surface area contributed by atoms with Crippen LogP contribution in [-0.4, -0.2) is 25.6 Å². The van der Waals surface area contributed by atoms with Crippen LogP contribution in [-0.2, 0) is 9.31 Å². The number of rotatable bonds is 14. The van der Waals surface area contributed by atoms with Crippen LogP contribution >= 0.6 is 0 Å². The maximum atomic E-state index is 9.41. The van der Waals surface area contributed by atoms with Crippen molar-refractivity contribution >= 4 is 7.32 Å². The first-order valence-corrected chi connectivity index (χ1v) is 7.72. The second kappa shape index (κ2) is 15.0. The first-order valence-electron chi connectivity index (χ1n) is 7.72. The Morgan fingerprint density at radius 1 is 0.667 bits per heavy atom.